The Labute approximate surface area is 196 Å². The van der Waals surface area contributed by atoms with Gasteiger partial charge >= 0.3 is 0 Å². The predicted molar refractivity (Wildman–Crippen MR) is 128 cm³/mol. The summed E-state index contributed by atoms with van der Waals surface area (Å²) in [5.74, 6) is 1.07. The lowest BCUT2D eigenvalue weighted by atomic mass is 10.2. The lowest BCUT2D eigenvalue weighted by molar-refractivity contribution is -0.113. The van der Waals surface area contributed by atoms with Gasteiger partial charge in [-0.15, -0.1) is 11.8 Å². The van der Waals surface area contributed by atoms with E-state index in [0.29, 0.717) is 22.9 Å². The molecular formula is C23H23FN2O5S2. The fourth-order valence-electron chi connectivity index (χ4n) is 2.85. The first kappa shape index (κ1) is 24.4. The first-order valence-electron chi connectivity index (χ1n) is 9.77. The molecule has 0 saturated heterocycles. The van der Waals surface area contributed by atoms with Crippen molar-refractivity contribution in [3.63, 3.8) is 0 Å². The molecule has 1 amide bonds. The van der Waals surface area contributed by atoms with Crippen molar-refractivity contribution in [1.29, 1.82) is 0 Å². The zero-order chi connectivity index (χ0) is 23.8. The molecule has 3 aromatic carbocycles. The van der Waals surface area contributed by atoms with Gasteiger partial charge in [-0.05, 0) is 54.1 Å². The summed E-state index contributed by atoms with van der Waals surface area (Å²) in [6, 6.07) is 16.7. The molecule has 0 unspecified atom stereocenters. The lowest BCUT2D eigenvalue weighted by Crippen LogP contribution is -2.15. The van der Waals surface area contributed by atoms with Crippen LogP contribution in [0.2, 0.25) is 0 Å². The zero-order valence-electron chi connectivity index (χ0n) is 18.0. The molecule has 0 fully saturated rings. The largest absolute Gasteiger partial charge is 0.497 e. The molecule has 0 atom stereocenters. The van der Waals surface area contributed by atoms with E-state index in [4.69, 9.17) is 9.47 Å². The van der Waals surface area contributed by atoms with Gasteiger partial charge in [0.15, 0.2) is 0 Å². The molecule has 0 aliphatic rings. The summed E-state index contributed by atoms with van der Waals surface area (Å²) in [7, 11) is -0.973. The molecule has 0 saturated carbocycles. The van der Waals surface area contributed by atoms with Gasteiger partial charge in [0, 0.05) is 17.5 Å². The van der Waals surface area contributed by atoms with Crippen LogP contribution in [0, 0.1) is 5.82 Å². The minimum absolute atomic E-state index is 0.0241. The normalized spacial score (nSPS) is 11.0. The quantitative estimate of drug-likeness (QED) is 0.434. The Bertz CT molecular complexity index is 1200. The number of carbonyl (C=O) groups excluding carboxylic acids is 1. The topological polar surface area (TPSA) is 93.7 Å². The van der Waals surface area contributed by atoms with Gasteiger partial charge in [-0.3, -0.25) is 9.52 Å². The molecule has 0 aromatic heterocycles. The molecule has 3 rings (SSSR count). The Morgan fingerprint density at radius 1 is 0.970 bits per heavy atom. The predicted octanol–water partition coefficient (Wildman–Crippen LogP) is 4.52. The summed E-state index contributed by atoms with van der Waals surface area (Å²) < 4.78 is 51.3. The Balaban J connectivity index is 1.58. The number of benzene rings is 3. The van der Waals surface area contributed by atoms with Crippen LogP contribution < -0.4 is 19.5 Å². The summed E-state index contributed by atoms with van der Waals surface area (Å²) in [4.78, 5) is 12.2. The monoisotopic (exact) mass is 490 g/mol. The van der Waals surface area contributed by atoms with E-state index in [9.17, 15) is 17.6 Å². The molecule has 0 aliphatic heterocycles. The highest BCUT2D eigenvalue weighted by Crippen LogP contribution is 2.31. The number of methoxy groups -OCH3 is 2. The molecule has 0 bridgehead atoms. The Morgan fingerprint density at radius 3 is 2.30 bits per heavy atom. The molecule has 0 spiro atoms. The first-order chi connectivity index (χ1) is 15.8. The standard InChI is InChI=1S/C23H23FN2O5S2/c1-30-19-9-12-22(31-2)21(13-19)26-33(28,29)20-10-7-18(8-11-20)25-23(27)15-32-14-16-3-5-17(24)6-4-16/h3-13,26H,14-15H2,1-2H3,(H,25,27). The highest BCUT2D eigenvalue weighted by molar-refractivity contribution is 7.99. The minimum Gasteiger partial charge on any atom is -0.497 e. The summed E-state index contributed by atoms with van der Waals surface area (Å²) in [6.45, 7) is 0. The number of carbonyl (C=O) groups is 1. The van der Waals surface area contributed by atoms with E-state index in [0.717, 1.165) is 5.56 Å². The molecule has 174 valence electrons. The number of halogens is 1. The fourth-order valence-corrected chi connectivity index (χ4v) is 4.70. The van der Waals surface area contributed by atoms with Crippen LogP contribution in [0.3, 0.4) is 0 Å². The minimum atomic E-state index is -3.89. The van der Waals surface area contributed by atoms with Crippen molar-refractivity contribution in [3.05, 3.63) is 78.1 Å². The second-order valence-electron chi connectivity index (χ2n) is 6.86. The molecule has 7 nitrogen and oxygen atoms in total. The van der Waals surface area contributed by atoms with Crippen molar-refractivity contribution in [3.8, 4) is 11.5 Å². The molecule has 2 N–H and O–H groups in total. The van der Waals surface area contributed by atoms with Gasteiger partial charge in [-0.25, -0.2) is 12.8 Å². The van der Waals surface area contributed by atoms with Crippen molar-refractivity contribution < 1.29 is 27.1 Å². The molecule has 33 heavy (non-hydrogen) atoms. The molecule has 0 heterocycles. The maximum Gasteiger partial charge on any atom is 0.262 e. The second kappa shape index (κ2) is 11.1. The molecule has 3 aromatic rings. The highest BCUT2D eigenvalue weighted by atomic mass is 32.2. The number of nitrogens with one attached hydrogen (secondary N) is 2. The number of rotatable bonds is 10. The van der Waals surface area contributed by atoms with Crippen LogP contribution in [0.5, 0.6) is 11.5 Å². The van der Waals surface area contributed by atoms with E-state index in [2.05, 4.69) is 10.0 Å². The maximum atomic E-state index is 12.9. The Kier molecular flexibility index (Phi) is 8.18. The van der Waals surface area contributed by atoms with E-state index in [1.807, 2.05) is 0 Å². The maximum absolute atomic E-state index is 12.9. The van der Waals surface area contributed by atoms with Crippen LogP contribution in [0.15, 0.2) is 71.6 Å². The third-order valence-corrected chi connectivity index (χ3v) is 6.90. The van der Waals surface area contributed by atoms with E-state index in [1.54, 1.807) is 24.3 Å². The van der Waals surface area contributed by atoms with Gasteiger partial charge in [0.2, 0.25) is 5.91 Å². The summed E-state index contributed by atoms with van der Waals surface area (Å²) >= 11 is 1.39. The third kappa shape index (κ3) is 6.87. The number of amides is 1. The molecule has 0 aliphatic carbocycles. The Hall–Kier alpha value is -3.24. The molecule has 10 heteroatoms. The van der Waals surface area contributed by atoms with Crippen LogP contribution in [-0.4, -0.2) is 34.3 Å². The lowest BCUT2D eigenvalue weighted by Gasteiger charge is -2.13. The number of thioether (sulfide) groups is 1. The van der Waals surface area contributed by atoms with Crippen molar-refractivity contribution in [1.82, 2.24) is 0 Å². The van der Waals surface area contributed by atoms with E-state index in [-0.39, 0.29) is 28.1 Å². The second-order valence-corrected chi connectivity index (χ2v) is 9.53. The molecular weight excluding hydrogens is 467 g/mol. The highest BCUT2D eigenvalue weighted by Gasteiger charge is 2.17. The summed E-state index contributed by atoms with van der Waals surface area (Å²) in [5.41, 5.74) is 1.64. The smallest absolute Gasteiger partial charge is 0.262 e. The fraction of sp³-hybridized carbons (Fsp3) is 0.174. The number of sulfonamides is 1. The van der Waals surface area contributed by atoms with Crippen LogP contribution >= 0.6 is 11.8 Å². The van der Waals surface area contributed by atoms with Crippen molar-refractivity contribution in [2.24, 2.45) is 0 Å². The number of hydrogen-bond donors (Lipinski definition) is 2. The van der Waals surface area contributed by atoms with Crippen molar-refractivity contribution in [2.75, 3.05) is 30.0 Å². The van der Waals surface area contributed by atoms with Crippen molar-refractivity contribution >= 4 is 39.1 Å². The average Bonchev–Trinajstić information content (AvgIpc) is 2.80. The van der Waals surface area contributed by atoms with Gasteiger partial charge in [0.25, 0.3) is 10.0 Å². The summed E-state index contributed by atoms with van der Waals surface area (Å²) in [5, 5.41) is 2.73. The first-order valence-corrected chi connectivity index (χ1v) is 12.4. The molecule has 0 radical (unpaired) electrons. The number of anilines is 2. The van der Waals surface area contributed by atoms with E-state index >= 15 is 0 Å². The number of hydrogen-bond acceptors (Lipinski definition) is 6. The average molecular weight is 491 g/mol. The van der Waals surface area contributed by atoms with Crippen LogP contribution in [0.25, 0.3) is 0 Å². The van der Waals surface area contributed by atoms with Gasteiger partial charge in [0.1, 0.15) is 17.3 Å². The van der Waals surface area contributed by atoms with Crippen molar-refractivity contribution in [2.45, 2.75) is 10.6 Å². The third-order valence-electron chi connectivity index (χ3n) is 4.51. The van der Waals surface area contributed by atoms with Crippen LogP contribution in [-0.2, 0) is 20.6 Å². The van der Waals surface area contributed by atoms with Gasteiger partial charge in [0.05, 0.1) is 30.6 Å². The zero-order valence-corrected chi connectivity index (χ0v) is 19.6. The summed E-state index contributed by atoms with van der Waals surface area (Å²) in [6.07, 6.45) is 0. The van der Waals surface area contributed by atoms with Gasteiger partial charge in [-0.1, -0.05) is 12.1 Å². The van der Waals surface area contributed by atoms with Crippen LogP contribution in [0.1, 0.15) is 5.56 Å². The van der Waals surface area contributed by atoms with E-state index < -0.39 is 10.0 Å². The Morgan fingerprint density at radius 2 is 1.67 bits per heavy atom. The number of ether oxygens (including phenoxy) is 2. The SMILES string of the molecule is COc1ccc(OC)c(NS(=O)(=O)c2ccc(NC(=O)CSCc3ccc(F)cc3)cc2)c1. The van der Waals surface area contributed by atoms with Gasteiger partial charge < -0.3 is 14.8 Å². The van der Waals surface area contributed by atoms with Crippen LogP contribution in [0.4, 0.5) is 15.8 Å². The van der Waals surface area contributed by atoms with E-state index in [1.165, 1.54) is 68.4 Å². The van der Waals surface area contributed by atoms with Gasteiger partial charge in [-0.2, -0.15) is 0 Å².